The van der Waals surface area contributed by atoms with Gasteiger partial charge in [-0.15, -0.1) is 0 Å². The summed E-state index contributed by atoms with van der Waals surface area (Å²) in [5, 5.41) is 5.40. The van der Waals surface area contributed by atoms with Crippen molar-refractivity contribution in [2.24, 2.45) is 5.84 Å². The second-order valence-corrected chi connectivity index (χ2v) is 7.09. The van der Waals surface area contributed by atoms with Gasteiger partial charge in [0, 0.05) is 71.5 Å². The standard InChI is InChI=1S/C16H34N6/c17-22-8-2-16(3-9-22)21-14-12-20(13-15-21)7-1-6-19-10-4-18-5-11-19/h16,18H,1-15,17H2. The number of rotatable bonds is 5. The molecule has 3 fully saturated rings. The second-order valence-electron chi connectivity index (χ2n) is 7.09. The average Bonchev–Trinajstić information content (AvgIpc) is 2.57. The SMILES string of the molecule is NN1CCC(N2CCN(CCCN3CCNCC3)CC2)CC1. The van der Waals surface area contributed by atoms with Crippen LogP contribution in [0.15, 0.2) is 0 Å². The Morgan fingerprint density at radius 2 is 1.36 bits per heavy atom. The van der Waals surface area contributed by atoms with Gasteiger partial charge < -0.3 is 15.1 Å². The first-order valence-corrected chi connectivity index (χ1v) is 9.20. The lowest BCUT2D eigenvalue weighted by Crippen LogP contribution is -2.54. The van der Waals surface area contributed by atoms with Crippen LogP contribution in [0.25, 0.3) is 0 Å². The third-order valence-electron chi connectivity index (χ3n) is 5.58. The van der Waals surface area contributed by atoms with Crippen LogP contribution in [0.5, 0.6) is 0 Å². The summed E-state index contributed by atoms with van der Waals surface area (Å²) in [5.41, 5.74) is 0. The largest absolute Gasteiger partial charge is 0.314 e. The zero-order valence-electron chi connectivity index (χ0n) is 14.1. The number of hydrazine groups is 1. The molecule has 0 aromatic rings. The molecule has 6 nitrogen and oxygen atoms in total. The first-order valence-electron chi connectivity index (χ1n) is 9.20. The molecular formula is C16H34N6. The molecule has 0 aliphatic carbocycles. The smallest absolute Gasteiger partial charge is 0.0143 e. The summed E-state index contributed by atoms with van der Waals surface area (Å²) in [6, 6.07) is 0.780. The molecule has 0 radical (unpaired) electrons. The van der Waals surface area contributed by atoms with E-state index in [1.807, 2.05) is 5.01 Å². The van der Waals surface area contributed by atoms with Crippen LogP contribution in [0.4, 0.5) is 0 Å². The fourth-order valence-corrected chi connectivity index (χ4v) is 4.06. The van der Waals surface area contributed by atoms with E-state index in [1.165, 1.54) is 84.7 Å². The molecule has 0 saturated carbocycles. The number of piperazine rings is 2. The Kier molecular flexibility index (Phi) is 6.47. The van der Waals surface area contributed by atoms with E-state index in [4.69, 9.17) is 5.84 Å². The predicted octanol–water partition coefficient (Wildman–Crippen LogP) is -0.763. The summed E-state index contributed by atoms with van der Waals surface area (Å²) in [7, 11) is 0. The molecule has 0 atom stereocenters. The van der Waals surface area contributed by atoms with Crippen molar-refractivity contribution in [3.63, 3.8) is 0 Å². The highest BCUT2D eigenvalue weighted by molar-refractivity contribution is 4.82. The van der Waals surface area contributed by atoms with Crippen molar-refractivity contribution >= 4 is 0 Å². The highest BCUT2D eigenvalue weighted by Crippen LogP contribution is 2.16. The third-order valence-corrected chi connectivity index (χ3v) is 5.58. The van der Waals surface area contributed by atoms with Gasteiger partial charge in [-0.1, -0.05) is 0 Å². The van der Waals surface area contributed by atoms with E-state index in [0.29, 0.717) is 0 Å². The Bertz CT molecular complexity index is 304. The van der Waals surface area contributed by atoms with Crippen molar-refractivity contribution in [2.45, 2.75) is 25.3 Å². The number of nitrogens with two attached hydrogens (primary N) is 1. The summed E-state index contributed by atoms with van der Waals surface area (Å²) >= 11 is 0. The number of nitrogens with one attached hydrogen (secondary N) is 1. The van der Waals surface area contributed by atoms with Gasteiger partial charge in [0.25, 0.3) is 0 Å². The Balaban J connectivity index is 1.28. The van der Waals surface area contributed by atoms with Gasteiger partial charge >= 0.3 is 0 Å². The van der Waals surface area contributed by atoms with Crippen LogP contribution in [-0.2, 0) is 0 Å². The molecule has 3 aliphatic heterocycles. The van der Waals surface area contributed by atoms with E-state index in [9.17, 15) is 0 Å². The van der Waals surface area contributed by atoms with Gasteiger partial charge in [-0.3, -0.25) is 10.7 Å². The van der Waals surface area contributed by atoms with Crippen LogP contribution in [0.3, 0.4) is 0 Å². The van der Waals surface area contributed by atoms with E-state index < -0.39 is 0 Å². The molecule has 0 amide bonds. The number of nitrogens with zero attached hydrogens (tertiary/aromatic N) is 4. The Morgan fingerprint density at radius 1 is 0.773 bits per heavy atom. The monoisotopic (exact) mass is 310 g/mol. The molecule has 3 heterocycles. The number of hydrogen-bond donors (Lipinski definition) is 2. The fraction of sp³-hybridized carbons (Fsp3) is 1.00. The molecule has 6 heteroatoms. The lowest BCUT2D eigenvalue weighted by Gasteiger charge is -2.42. The first kappa shape index (κ1) is 16.6. The topological polar surface area (TPSA) is 51.0 Å². The van der Waals surface area contributed by atoms with Crippen molar-refractivity contribution in [3.05, 3.63) is 0 Å². The van der Waals surface area contributed by atoms with Gasteiger partial charge in [-0.25, -0.2) is 5.01 Å². The molecule has 0 spiro atoms. The van der Waals surface area contributed by atoms with E-state index in [1.54, 1.807) is 0 Å². The van der Waals surface area contributed by atoms with Crippen LogP contribution < -0.4 is 11.2 Å². The summed E-state index contributed by atoms with van der Waals surface area (Å²) in [4.78, 5) is 7.98. The molecule has 128 valence electrons. The molecule has 3 N–H and O–H groups in total. The quantitative estimate of drug-likeness (QED) is 0.651. The fourth-order valence-electron chi connectivity index (χ4n) is 4.06. The van der Waals surface area contributed by atoms with Gasteiger partial charge in [-0.05, 0) is 32.4 Å². The summed E-state index contributed by atoms with van der Waals surface area (Å²) in [6.45, 7) is 14.5. The molecule has 3 rings (SSSR count). The molecule has 3 saturated heterocycles. The van der Waals surface area contributed by atoms with Crippen molar-refractivity contribution in [2.75, 3.05) is 78.5 Å². The van der Waals surface area contributed by atoms with Crippen LogP contribution in [-0.4, -0.2) is 104 Å². The average molecular weight is 310 g/mol. The van der Waals surface area contributed by atoms with E-state index in [2.05, 4.69) is 20.0 Å². The lowest BCUT2D eigenvalue weighted by atomic mass is 10.0. The zero-order chi connectivity index (χ0) is 15.2. The van der Waals surface area contributed by atoms with Crippen molar-refractivity contribution in [1.82, 2.24) is 25.0 Å². The molecular weight excluding hydrogens is 276 g/mol. The Hall–Kier alpha value is -0.240. The lowest BCUT2D eigenvalue weighted by molar-refractivity contribution is 0.0576. The Morgan fingerprint density at radius 3 is 2.00 bits per heavy atom. The minimum Gasteiger partial charge on any atom is -0.314 e. The normalized spacial score (nSPS) is 28.2. The van der Waals surface area contributed by atoms with E-state index in [-0.39, 0.29) is 0 Å². The summed E-state index contributed by atoms with van der Waals surface area (Å²) < 4.78 is 0. The van der Waals surface area contributed by atoms with Gasteiger partial charge in [0.1, 0.15) is 0 Å². The van der Waals surface area contributed by atoms with Crippen molar-refractivity contribution in [3.8, 4) is 0 Å². The van der Waals surface area contributed by atoms with Crippen LogP contribution in [0, 0.1) is 0 Å². The summed E-state index contributed by atoms with van der Waals surface area (Å²) in [5.74, 6) is 5.86. The summed E-state index contributed by atoms with van der Waals surface area (Å²) in [6.07, 6.45) is 3.82. The highest BCUT2D eigenvalue weighted by atomic mass is 15.4. The molecule has 0 aromatic carbocycles. The van der Waals surface area contributed by atoms with Crippen LogP contribution in [0.1, 0.15) is 19.3 Å². The first-order chi connectivity index (χ1) is 10.8. The third kappa shape index (κ3) is 4.88. The van der Waals surface area contributed by atoms with Crippen LogP contribution >= 0.6 is 0 Å². The maximum absolute atomic E-state index is 5.86. The molecule has 0 aromatic heterocycles. The number of piperidine rings is 1. The van der Waals surface area contributed by atoms with Gasteiger partial charge in [-0.2, -0.15) is 0 Å². The molecule has 22 heavy (non-hydrogen) atoms. The molecule has 0 bridgehead atoms. The minimum atomic E-state index is 0.780. The van der Waals surface area contributed by atoms with E-state index >= 15 is 0 Å². The Labute approximate surface area is 135 Å². The number of hydrogen-bond acceptors (Lipinski definition) is 6. The maximum Gasteiger partial charge on any atom is 0.0143 e. The zero-order valence-corrected chi connectivity index (χ0v) is 14.1. The highest BCUT2D eigenvalue weighted by Gasteiger charge is 2.26. The van der Waals surface area contributed by atoms with Crippen LogP contribution in [0.2, 0.25) is 0 Å². The molecule has 0 unspecified atom stereocenters. The van der Waals surface area contributed by atoms with Gasteiger partial charge in [0.05, 0.1) is 0 Å². The van der Waals surface area contributed by atoms with E-state index in [0.717, 1.165) is 19.1 Å². The van der Waals surface area contributed by atoms with Crippen molar-refractivity contribution in [1.29, 1.82) is 0 Å². The minimum absolute atomic E-state index is 0.780. The predicted molar refractivity (Wildman–Crippen MR) is 90.7 cm³/mol. The second kappa shape index (κ2) is 8.57. The van der Waals surface area contributed by atoms with Gasteiger partial charge in [0.2, 0.25) is 0 Å². The van der Waals surface area contributed by atoms with Crippen molar-refractivity contribution < 1.29 is 0 Å². The maximum atomic E-state index is 5.86. The van der Waals surface area contributed by atoms with Gasteiger partial charge in [0.15, 0.2) is 0 Å². The molecule has 3 aliphatic rings.